The van der Waals surface area contributed by atoms with E-state index >= 15 is 0 Å². The standard InChI is InChI=1S/C11H15BFNO3/c1-11(2,3)14-10(15)8-6-7(12(16)17)4-5-9(8)13/h4-6,16-17H,1-3H3,(H,14,15). The molecule has 0 fully saturated rings. The largest absolute Gasteiger partial charge is 0.488 e. The zero-order valence-corrected chi connectivity index (χ0v) is 9.99. The molecule has 0 bridgehead atoms. The van der Waals surface area contributed by atoms with Crippen LogP contribution in [0.1, 0.15) is 31.1 Å². The molecule has 0 aliphatic rings. The van der Waals surface area contributed by atoms with Crippen molar-refractivity contribution in [3.05, 3.63) is 29.6 Å². The smallest absolute Gasteiger partial charge is 0.423 e. The summed E-state index contributed by atoms with van der Waals surface area (Å²) in [6.45, 7) is 5.31. The van der Waals surface area contributed by atoms with Crippen molar-refractivity contribution in [2.24, 2.45) is 0 Å². The van der Waals surface area contributed by atoms with Crippen LogP contribution in [-0.4, -0.2) is 28.6 Å². The summed E-state index contributed by atoms with van der Waals surface area (Å²) in [6.07, 6.45) is 0. The van der Waals surface area contributed by atoms with Crippen LogP contribution < -0.4 is 10.8 Å². The zero-order chi connectivity index (χ0) is 13.2. The molecule has 1 aromatic rings. The van der Waals surface area contributed by atoms with Gasteiger partial charge in [-0.1, -0.05) is 6.07 Å². The predicted octanol–water partition coefficient (Wildman–Crippen LogP) is 0.0338. The van der Waals surface area contributed by atoms with Crippen molar-refractivity contribution in [3.63, 3.8) is 0 Å². The van der Waals surface area contributed by atoms with Crippen LogP contribution in [0.2, 0.25) is 0 Å². The number of carbonyl (C=O) groups is 1. The molecule has 92 valence electrons. The van der Waals surface area contributed by atoms with Gasteiger partial charge in [0.25, 0.3) is 5.91 Å². The fourth-order valence-electron chi connectivity index (χ4n) is 1.29. The Balaban J connectivity index is 3.04. The summed E-state index contributed by atoms with van der Waals surface area (Å²) < 4.78 is 13.4. The summed E-state index contributed by atoms with van der Waals surface area (Å²) in [6, 6.07) is 3.38. The lowest BCUT2D eigenvalue weighted by Crippen LogP contribution is -2.41. The van der Waals surface area contributed by atoms with Crippen molar-refractivity contribution in [1.82, 2.24) is 5.32 Å². The van der Waals surface area contributed by atoms with Gasteiger partial charge in [-0.15, -0.1) is 0 Å². The highest BCUT2D eigenvalue weighted by Gasteiger charge is 2.20. The molecule has 3 N–H and O–H groups in total. The molecule has 0 aliphatic heterocycles. The number of carbonyl (C=O) groups excluding carboxylic acids is 1. The number of amides is 1. The van der Waals surface area contributed by atoms with E-state index in [1.165, 1.54) is 6.07 Å². The molecule has 1 aromatic carbocycles. The molecule has 1 amide bonds. The van der Waals surface area contributed by atoms with Gasteiger partial charge < -0.3 is 15.4 Å². The molecule has 0 atom stereocenters. The van der Waals surface area contributed by atoms with Crippen LogP contribution in [0.5, 0.6) is 0 Å². The first-order valence-corrected chi connectivity index (χ1v) is 5.19. The molecule has 6 heteroatoms. The van der Waals surface area contributed by atoms with Crippen LogP contribution in [0.4, 0.5) is 4.39 Å². The molecule has 0 unspecified atom stereocenters. The molecule has 0 heterocycles. The second-order valence-electron chi connectivity index (χ2n) is 4.82. The van der Waals surface area contributed by atoms with Crippen LogP contribution in [0.3, 0.4) is 0 Å². The van der Waals surface area contributed by atoms with Crippen LogP contribution in [0.15, 0.2) is 18.2 Å². The second-order valence-corrected chi connectivity index (χ2v) is 4.82. The van der Waals surface area contributed by atoms with Crippen molar-refractivity contribution < 1.29 is 19.2 Å². The van der Waals surface area contributed by atoms with Gasteiger partial charge in [-0.3, -0.25) is 4.79 Å². The topological polar surface area (TPSA) is 69.6 Å². The second kappa shape index (κ2) is 4.85. The van der Waals surface area contributed by atoms with Crippen LogP contribution in [0.25, 0.3) is 0 Å². The van der Waals surface area contributed by atoms with Crippen LogP contribution in [-0.2, 0) is 0 Å². The third kappa shape index (κ3) is 3.83. The molecular formula is C11H15BFNO3. The first-order valence-electron chi connectivity index (χ1n) is 5.19. The maximum absolute atomic E-state index is 13.4. The summed E-state index contributed by atoms with van der Waals surface area (Å²) in [4.78, 5) is 11.7. The molecule has 0 saturated carbocycles. The van der Waals surface area contributed by atoms with Gasteiger partial charge in [0.15, 0.2) is 0 Å². The Kier molecular flexibility index (Phi) is 3.90. The van der Waals surface area contributed by atoms with Crippen molar-refractivity contribution >= 4 is 18.5 Å². The van der Waals surface area contributed by atoms with Gasteiger partial charge in [0.1, 0.15) is 5.82 Å². The number of hydrogen-bond donors (Lipinski definition) is 3. The van der Waals surface area contributed by atoms with Crippen molar-refractivity contribution in [2.75, 3.05) is 0 Å². The maximum Gasteiger partial charge on any atom is 0.488 e. The molecule has 0 radical (unpaired) electrons. The van der Waals surface area contributed by atoms with E-state index in [-0.39, 0.29) is 11.0 Å². The van der Waals surface area contributed by atoms with E-state index in [1.807, 2.05) is 0 Å². The van der Waals surface area contributed by atoms with Gasteiger partial charge >= 0.3 is 7.12 Å². The van der Waals surface area contributed by atoms with E-state index in [2.05, 4.69) is 5.32 Å². The lowest BCUT2D eigenvalue weighted by molar-refractivity contribution is 0.0915. The Morgan fingerprint density at radius 1 is 1.35 bits per heavy atom. The number of benzene rings is 1. The van der Waals surface area contributed by atoms with E-state index in [9.17, 15) is 9.18 Å². The van der Waals surface area contributed by atoms with E-state index < -0.39 is 24.4 Å². The predicted molar refractivity (Wildman–Crippen MR) is 63.4 cm³/mol. The summed E-state index contributed by atoms with van der Waals surface area (Å²) in [5.41, 5.74) is -0.617. The van der Waals surface area contributed by atoms with Gasteiger partial charge in [0, 0.05) is 5.54 Å². The van der Waals surface area contributed by atoms with Gasteiger partial charge in [-0.05, 0) is 38.4 Å². The third-order valence-electron chi connectivity index (χ3n) is 2.02. The molecule has 0 spiro atoms. The monoisotopic (exact) mass is 239 g/mol. The minimum Gasteiger partial charge on any atom is -0.423 e. The first-order chi connectivity index (χ1) is 7.70. The maximum atomic E-state index is 13.4. The fraction of sp³-hybridized carbons (Fsp3) is 0.364. The number of nitrogens with one attached hydrogen (secondary N) is 1. The van der Waals surface area contributed by atoms with E-state index in [0.717, 1.165) is 12.1 Å². The molecule has 0 saturated heterocycles. The van der Waals surface area contributed by atoms with E-state index in [4.69, 9.17) is 10.0 Å². The Labute approximate surface area is 99.6 Å². The average molecular weight is 239 g/mol. The summed E-state index contributed by atoms with van der Waals surface area (Å²) in [7, 11) is -1.73. The van der Waals surface area contributed by atoms with Crippen molar-refractivity contribution in [2.45, 2.75) is 26.3 Å². The molecule has 0 aromatic heterocycles. The Morgan fingerprint density at radius 2 is 1.94 bits per heavy atom. The fourth-order valence-corrected chi connectivity index (χ4v) is 1.29. The minimum atomic E-state index is -1.73. The molecule has 4 nitrogen and oxygen atoms in total. The zero-order valence-electron chi connectivity index (χ0n) is 9.99. The highest BCUT2D eigenvalue weighted by molar-refractivity contribution is 6.58. The van der Waals surface area contributed by atoms with Gasteiger partial charge in [-0.2, -0.15) is 0 Å². The first kappa shape index (κ1) is 13.7. The van der Waals surface area contributed by atoms with Gasteiger partial charge in [0.05, 0.1) is 5.56 Å². The van der Waals surface area contributed by atoms with Gasteiger partial charge in [-0.25, -0.2) is 4.39 Å². The third-order valence-corrected chi connectivity index (χ3v) is 2.02. The molecule has 17 heavy (non-hydrogen) atoms. The molecular weight excluding hydrogens is 224 g/mol. The van der Waals surface area contributed by atoms with Crippen LogP contribution >= 0.6 is 0 Å². The van der Waals surface area contributed by atoms with E-state index in [1.54, 1.807) is 20.8 Å². The number of hydrogen-bond acceptors (Lipinski definition) is 3. The quantitative estimate of drug-likeness (QED) is 0.638. The van der Waals surface area contributed by atoms with Crippen molar-refractivity contribution in [1.29, 1.82) is 0 Å². The van der Waals surface area contributed by atoms with E-state index in [0.29, 0.717) is 0 Å². The van der Waals surface area contributed by atoms with Gasteiger partial charge in [0.2, 0.25) is 0 Å². The molecule has 0 aliphatic carbocycles. The minimum absolute atomic E-state index is 0.0745. The summed E-state index contributed by atoms with van der Waals surface area (Å²) in [5, 5.41) is 20.5. The molecule has 1 rings (SSSR count). The lowest BCUT2D eigenvalue weighted by atomic mass is 9.79. The number of halogens is 1. The Bertz CT molecular complexity index is 429. The number of rotatable bonds is 2. The van der Waals surface area contributed by atoms with Crippen molar-refractivity contribution in [3.8, 4) is 0 Å². The lowest BCUT2D eigenvalue weighted by Gasteiger charge is -2.20. The highest BCUT2D eigenvalue weighted by Crippen LogP contribution is 2.08. The summed E-state index contributed by atoms with van der Waals surface area (Å²) in [5.74, 6) is -1.28. The Hall–Kier alpha value is -1.40. The SMILES string of the molecule is CC(C)(C)NC(=O)c1cc(B(O)O)ccc1F. The Morgan fingerprint density at radius 3 is 2.41 bits per heavy atom. The van der Waals surface area contributed by atoms with Crippen LogP contribution in [0, 0.1) is 5.82 Å². The summed E-state index contributed by atoms with van der Waals surface area (Å²) >= 11 is 0. The normalized spacial score (nSPS) is 11.2. The average Bonchev–Trinajstić information content (AvgIpc) is 2.14. The highest BCUT2D eigenvalue weighted by atomic mass is 19.1.